The molecule has 0 aliphatic carbocycles. The Morgan fingerprint density at radius 3 is 1.85 bits per heavy atom. The van der Waals surface area contributed by atoms with E-state index in [1.54, 1.807) is 60.7 Å². The number of hydrogen-bond acceptors (Lipinski definition) is 6. The molecular weight excluding hydrogens is 535 g/mol. The number of anilines is 1. The first-order valence-corrected chi connectivity index (χ1v) is 11.6. The first-order valence-electron chi connectivity index (χ1n) is 11.6. The van der Waals surface area contributed by atoms with E-state index in [1.807, 2.05) is 18.2 Å². The summed E-state index contributed by atoms with van der Waals surface area (Å²) in [5, 5.41) is 57.2. The van der Waals surface area contributed by atoms with Gasteiger partial charge in [0.25, 0.3) is 0 Å². The summed E-state index contributed by atoms with van der Waals surface area (Å²) in [5.41, 5.74) is 1.64. The van der Waals surface area contributed by atoms with E-state index in [9.17, 15) is 20.4 Å². The number of nitrogens with zero attached hydrogens (tertiary/aromatic N) is 2. The number of aliphatic hydroxyl groups excluding tert-OH is 1. The molecule has 0 saturated heterocycles. The molecule has 1 aliphatic heterocycles. The molecule has 6 aromatic rings. The second kappa shape index (κ2) is 11.9. The SMILES string of the molecule is [Na+].[Na+].[Na+].[O-]c1c2ccccc2c([O-])c2c(N=C(O)c3ccc4c([O-])c5ccccc5c5c4c3NC=N5)cccc12. The van der Waals surface area contributed by atoms with Crippen molar-refractivity contribution in [3.63, 3.8) is 0 Å². The van der Waals surface area contributed by atoms with Gasteiger partial charge < -0.3 is 25.7 Å². The van der Waals surface area contributed by atoms with Gasteiger partial charge in [-0.15, -0.1) is 0 Å². The van der Waals surface area contributed by atoms with Gasteiger partial charge in [-0.05, 0) is 44.5 Å². The molecule has 7 nitrogen and oxygen atoms in total. The number of nitrogens with one attached hydrogen (secondary N) is 1. The van der Waals surface area contributed by atoms with Crippen molar-refractivity contribution >= 4 is 72.4 Å². The van der Waals surface area contributed by atoms with Gasteiger partial charge in [-0.25, -0.2) is 9.98 Å². The van der Waals surface area contributed by atoms with E-state index in [2.05, 4.69) is 15.3 Å². The van der Waals surface area contributed by atoms with Gasteiger partial charge >= 0.3 is 88.7 Å². The van der Waals surface area contributed by atoms with E-state index in [-0.39, 0.29) is 128 Å². The molecule has 1 heterocycles. The van der Waals surface area contributed by atoms with Crippen LogP contribution in [0.1, 0.15) is 5.56 Å². The second-order valence-corrected chi connectivity index (χ2v) is 8.88. The van der Waals surface area contributed by atoms with Gasteiger partial charge in [-0.3, -0.25) is 0 Å². The smallest absolute Gasteiger partial charge is 0.872 e. The summed E-state index contributed by atoms with van der Waals surface area (Å²) in [6.45, 7) is 0. The summed E-state index contributed by atoms with van der Waals surface area (Å²) in [6, 6.07) is 22.0. The minimum absolute atomic E-state index is 0. The van der Waals surface area contributed by atoms with Crippen molar-refractivity contribution < 1.29 is 109 Å². The largest absolute Gasteiger partial charge is 1.00 e. The number of aliphatic hydroxyl groups is 1. The molecule has 0 bridgehead atoms. The molecule has 0 saturated carbocycles. The average Bonchev–Trinajstić information content (AvgIpc) is 2.94. The number of hydrogen-bond donors (Lipinski definition) is 2. The number of rotatable bonds is 2. The third-order valence-electron chi connectivity index (χ3n) is 6.91. The number of aliphatic imine (C=N–C) groups is 2. The summed E-state index contributed by atoms with van der Waals surface area (Å²) in [7, 11) is 0. The molecule has 10 heteroatoms. The standard InChI is InChI=1S/C30H19N3O4.3Na/c34-27-16-7-2-1-6-15(16)25-24-20(27)12-13-21(26(24)32-14-31-25)30(37)33-22-11-5-10-19-23(22)29(36)18-9-4-3-8-17(18)28(19)35;;;/h1-14,34-36H,(H,31,32)(H,33,37);;;/q;3*+1/p-3. The van der Waals surface area contributed by atoms with E-state index in [0.717, 1.165) is 0 Å². The van der Waals surface area contributed by atoms with Crippen LogP contribution in [0, 0.1) is 0 Å². The maximum atomic E-state index is 13.3. The molecule has 0 unspecified atom stereocenters. The first-order chi connectivity index (χ1) is 18.0. The molecule has 40 heavy (non-hydrogen) atoms. The summed E-state index contributed by atoms with van der Waals surface area (Å²) >= 11 is 0. The van der Waals surface area contributed by atoms with Gasteiger partial charge in [0.05, 0.1) is 29.0 Å². The molecule has 0 radical (unpaired) electrons. The van der Waals surface area contributed by atoms with E-state index in [4.69, 9.17) is 0 Å². The monoisotopic (exact) mass is 551 g/mol. The summed E-state index contributed by atoms with van der Waals surface area (Å²) in [6.07, 6.45) is 1.51. The molecule has 0 fully saturated rings. The third-order valence-corrected chi connectivity index (χ3v) is 6.91. The molecule has 0 amide bonds. The van der Waals surface area contributed by atoms with E-state index in [1.165, 1.54) is 6.34 Å². The van der Waals surface area contributed by atoms with E-state index in [0.29, 0.717) is 49.3 Å². The molecule has 0 aromatic heterocycles. The molecule has 0 atom stereocenters. The molecule has 0 spiro atoms. The second-order valence-electron chi connectivity index (χ2n) is 8.88. The van der Waals surface area contributed by atoms with Gasteiger partial charge in [0, 0.05) is 10.8 Å². The molecule has 178 valence electrons. The Morgan fingerprint density at radius 1 is 0.625 bits per heavy atom. The zero-order valence-electron chi connectivity index (χ0n) is 22.1. The van der Waals surface area contributed by atoms with Crippen LogP contribution in [0.25, 0.3) is 43.1 Å². The zero-order chi connectivity index (χ0) is 25.3. The van der Waals surface area contributed by atoms with Gasteiger partial charge in [0.1, 0.15) is 0 Å². The first kappa shape index (κ1) is 30.7. The topological polar surface area (TPSA) is 126 Å². The molecular formula is C30H16N3Na3O4. The Hall–Kier alpha value is -2.30. The maximum absolute atomic E-state index is 13.3. The van der Waals surface area contributed by atoms with Crippen LogP contribution < -0.4 is 109 Å². The van der Waals surface area contributed by atoms with Crippen LogP contribution in [0.2, 0.25) is 0 Å². The van der Waals surface area contributed by atoms with Crippen LogP contribution in [0.15, 0.2) is 88.8 Å². The van der Waals surface area contributed by atoms with Gasteiger partial charge in [0.15, 0.2) is 0 Å². The molecule has 6 aromatic carbocycles. The van der Waals surface area contributed by atoms with Gasteiger partial charge in [-0.1, -0.05) is 84.0 Å². The average molecular weight is 551 g/mol. The zero-order valence-corrected chi connectivity index (χ0v) is 28.1. The van der Waals surface area contributed by atoms with Crippen LogP contribution in [0.4, 0.5) is 17.1 Å². The molecule has 2 N–H and O–H groups in total. The predicted molar refractivity (Wildman–Crippen MR) is 142 cm³/mol. The quantitative estimate of drug-likeness (QED) is 0.0991. The minimum atomic E-state index is -0.362. The Bertz CT molecular complexity index is 2030. The Kier molecular flexibility index (Phi) is 9.12. The molecule has 7 rings (SSSR count). The van der Waals surface area contributed by atoms with Gasteiger partial charge in [-0.2, -0.15) is 0 Å². The van der Waals surface area contributed by atoms with Crippen molar-refractivity contribution in [3.05, 3.63) is 84.4 Å². The Balaban J connectivity index is 0.00000123. The van der Waals surface area contributed by atoms with E-state index < -0.39 is 0 Å². The fourth-order valence-corrected chi connectivity index (χ4v) is 5.23. The van der Waals surface area contributed by atoms with Crippen molar-refractivity contribution in [2.45, 2.75) is 0 Å². The Labute approximate surface area is 295 Å². The van der Waals surface area contributed by atoms with Crippen molar-refractivity contribution in [3.8, 4) is 17.2 Å². The summed E-state index contributed by atoms with van der Waals surface area (Å²) in [5.74, 6) is -1.08. The van der Waals surface area contributed by atoms with Gasteiger partial charge in [0.2, 0.25) is 5.90 Å². The minimum Gasteiger partial charge on any atom is -0.872 e. The summed E-state index contributed by atoms with van der Waals surface area (Å²) in [4.78, 5) is 8.87. The van der Waals surface area contributed by atoms with Crippen molar-refractivity contribution in [1.29, 1.82) is 0 Å². The van der Waals surface area contributed by atoms with Crippen LogP contribution in [-0.4, -0.2) is 17.3 Å². The fraction of sp³-hybridized carbons (Fsp3) is 0. The van der Waals surface area contributed by atoms with Crippen LogP contribution in [-0.2, 0) is 0 Å². The number of benzene rings is 6. The number of fused-ring (bicyclic) bond motifs is 4. The van der Waals surface area contributed by atoms with Crippen LogP contribution in [0.5, 0.6) is 17.2 Å². The van der Waals surface area contributed by atoms with Crippen molar-refractivity contribution in [2.75, 3.05) is 5.32 Å². The van der Waals surface area contributed by atoms with Crippen molar-refractivity contribution in [2.24, 2.45) is 9.98 Å². The van der Waals surface area contributed by atoms with Crippen LogP contribution in [0.3, 0.4) is 0 Å². The normalized spacial score (nSPS) is 12.1. The van der Waals surface area contributed by atoms with Crippen molar-refractivity contribution in [1.82, 2.24) is 0 Å². The fourth-order valence-electron chi connectivity index (χ4n) is 5.23. The Morgan fingerprint density at radius 2 is 1.18 bits per heavy atom. The molecule has 1 aliphatic rings. The maximum Gasteiger partial charge on any atom is 1.00 e. The van der Waals surface area contributed by atoms with E-state index >= 15 is 0 Å². The van der Waals surface area contributed by atoms with Crippen LogP contribution >= 0.6 is 0 Å². The summed E-state index contributed by atoms with van der Waals surface area (Å²) < 4.78 is 0. The predicted octanol–water partition coefficient (Wildman–Crippen LogP) is -3.75. The third kappa shape index (κ3) is 4.60.